The molecule has 0 bridgehead atoms. The van der Waals surface area contributed by atoms with E-state index in [9.17, 15) is 9.59 Å². The van der Waals surface area contributed by atoms with E-state index in [0.717, 1.165) is 10.3 Å². The van der Waals surface area contributed by atoms with Gasteiger partial charge in [0.15, 0.2) is 5.43 Å². The molecule has 21 heavy (non-hydrogen) atoms. The molecule has 3 rings (SSSR count). The van der Waals surface area contributed by atoms with Crippen LogP contribution in [0.3, 0.4) is 0 Å². The molecule has 0 atom stereocenters. The first-order valence-electron chi connectivity index (χ1n) is 6.55. The van der Waals surface area contributed by atoms with Crippen molar-refractivity contribution in [2.24, 2.45) is 0 Å². The van der Waals surface area contributed by atoms with Crippen LogP contribution in [0.15, 0.2) is 59.4 Å². The highest BCUT2D eigenvalue weighted by atomic mass is 32.1. The summed E-state index contributed by atoms with van der Waals surface area (Å²) in [6.07, 6.45) is 0. The van der Waals surface area contributed by atoms with Crippen molar-refractivity contribution >= 4 is 32.3 Å². The smallest absolute Gasteiger partial charge is 0.221 e. The Labute approximate surface area is 125 Å². The Morgan fingerprint density at radius 3 is 2.38 bits per heavy atom. The molecule has 4 heteroatoms. The van der Waals surface area contributed by atoms with Crippen LogP contribution in [0.2, 0.25) is 0 Å². The molecule has 3 aromatic rings. The third kappa shape index (κ3) is 2.58. The van der Waals surface area contributed by atoms with Gasteiger partial charge in [-0.2, -0.15) is 0 Å². The van der Waals surface area contributed by atoms with Gasteiger partial charge in [0, 0.05) is 17.0 Å². The molecule has 0 spiro atoms. The maximum absolute atomic E-state index is 12.8. The van der Waals surface area contributed by atoms with Crippen LogP contribution in [0.4, 0.5) is 5.00 Å². The Bertz CT molecular complexity index is 869. The molecule has 2 aromatic carbocycles. The van der Waals surface area contributed by atoms with Gasteiger partial charge >= 0.3 is 0 Å². The average Bonchev–Trinajstić information content (AvgIpc) is 2.48. The third-order valence-corrected chi connectivity index (χ3v) is 4.24. The topological polar surface area (TPSA) is 46.2 Å². The van der Waals surface area contributed by atoms with E-state index in [4.69, 9.17) is 0 Å². The number of hydrogen-bond donors (Lipinski definition) is 1. The van der Waals surface area contributed by atoms with Crippen molar-refractivity contribution in [3.8, 4) is 11.1 Å². The monoisotopic (exact) mass is 295 g/mol. The van der Waals surface area contributed by atoms with Crippen LogP contribution in [-0.2, 0) is 4.79 Å². The van der Waals surface area contributed by atoms with E-state index in [1.54, 1.807) is 0 Å². The lowest BCUT2D eigenvalue weighted by Gasteiger charge is -2.10. The van der Waals surface area contributed by atoms with Crippen molar-refractivity contribution < 1.29 is 4.79 Å². The summed E-state index contributed by atoms with van der Waals surface area (Å²) in [6.45, 7) is 1.45. The highest BCUT2D eigenvalue weighted by Gasteiger charge is 2.14. The SMILES string of the molecule is CC(=O)Nc1sc2ccccc2c(=O)c1-c1ccccc1. The first-order chi connectivity index (χ1) is 10.2. The van der Waals surface area contributed by atoms with Crippen molar-refractivity contribution in [3.05, 3.63) is 64.8 Å². The van der Waals surface area contributed by atoms with Gasteiger partial charge in [-0.1, -0.05) is 42.5 Å². The van der Waals surface area contributed by atoms with Crippen LogP contribution in [0.1, 0.15) is 6.92 Å². The van der Waals surface area contributed by atoms with Crippen molar-refractivity contribution in [1.29, 1.82) is 0 Å². The molecular formula is C17H13NO2S. The second kappa shape index (κ2) is 5.50. The fraction of sp³-hybridized carbons (Fsp3) is 0.0588. The van der Waals surface area contributed by atoms with Gasteiger partial charge in [0.1, 0.15) is 5.00 Å². The molecule has 0 saturated carbocycles. The Balaban J connectivity index is 2.37. The second-order valence-electron chi connectivity index (χ2n) is 4.68. The summed E-state index contributed by atoms with van der Waals surface area (Å²) >= 11 is 1.42. The zero-order valence-corrected chi connectivity index (χ0v) is 12.2. The van der Waals surface area contributed by atoms with Gasteiger partial charge in [-0.05, 0) is 17.7 Å². The van der Waals surface area contributed by atoms with Gasteiger partial charge in [-0.3, -0.25) is 9.59 Å². The van der Waals surface area contributed by atoms with Crippen molar-refractivity contribution in [2.75, 3.05) is 5.32 Å². The number of hydrogen-bond acceptors (Lipinski definition) is 3. The van der Waals surface area contributed by atoms with E-state index in [0.29, 0.717) is 16.0 Å². The predicted octanol–water partition coefficient (Wildman–Crippen LogP) is 3.89. The van der Waals surface area contributed by atoms with Crippen LogP contribution >= 0.6 is 11.3 Å². The summed E-state index contributed by atoms with van der Waals surface area (Å²) in [4.78, 5) is 24.2. The first-order valence-corrected chi connectivity index (χ1v) is 7.37. The normalized spacial score (nSPS) is 10.5. The van der Waals surface area contributed by atoms with E-state index in [1.807, 2.05) is 54.6 Å². The molecule has 0 aliphatic rings. The van der Waals surface area contributed by atoms with Gasteiger partial charge in [-0.15, -0.1) is 11.3 Å². The van der Waals surface area contributed by atoms with Crippen LogP contribution < -0.4 is 10.7 Å². The zero-order chi connectivity index (χ0) is 14.8. The number of carbonyl (C=O) groups excluding carboxylic acids is 1. The first kappa shape index (κ1) is 13.5. The zero-order valence-electron chi connectivity index (χ0n) is 11.4. The van der Waals surface area contributed by atoms with Crippen LogP contribution in [0, 0.1) is 0 Å². The average molecular weight is 295 g/mol. The maximum atomic E-state index is 12.8. The molecular weight excluding hydrogens is 282 g/mol. The number of fused-ring (bicyclic) bond motifs is 1. The number of rotatable bonds is 2. The minimum absolute atomic E-state index is 0.0562. The van der Waals surface area contributed by atoms with E-state index >= 15 is 0 Å². The van der Waals surface area contributed by atoms with Crippen molar-refractivity contribution in [2.45, 2.75) is 6.92 Å². The summed E-state index contributed by atoms with van der Waals surface area (Å²) in [5, 5.41) is 4.06. The van der Waals surface area contributed by atoms with Crippen LogP contribution in [0.25, 0.3) is 21.2 Å². The molecule has 0 radical (unpaired) electrons. The number of anilines is 1. The lowest BCUT2D eigenvalue weighted by atomic mass is 10.1. The highest BCUT2D eigenvalue weighted by Crippen LogP contribution is 2.33. The molecule has 0 aliphatic carbocycles. The molecule has 104 valence electrons. The third-order valence-electron chi connectivity index (χ3n) is 3.15. The number of benzene rings is 2. The minimum atomic E-state index is -0.182. The van der Waals surface area contributed by atoms with Crippen molar-refractivity contribution in [3.63, 3.8) is 0 Å². The Hall–Kier alpha value is -2.46. The summed E-state index contributed by atoms with van der Waals surface area (Å²) in [6, 6.07) is 16.9. The highest BCUT2D eigenvalue weighted by molar-refractivity contribution is 7.22. The number of nitrogens with one attached hydrogen (secondary N) is 1. The molecule has 0 unspecified atom stereocenters. The number of amides is 1. The molecule has 1 aromatic heterocycles. The predicted molar refractivity (Wildman–Crippen MR) is 87.8 cm³/mol. The molecule has 1 amide bonds. The quantitative estimate of drug-likeness (QED) is 0.779. The lowest BCUT2D eigenvalue weighted by Crippen LogP contribution is -2.12. The molecule has 1 N–H and O–H groups in total. The van der Waals surface area contributed by atoms with E-state index in [2.05, 4.69) is 5.32 Å². The van der Waals surface area contributed by atoms with E-state index in [-0.39, 0.29) is 11.3 Å². The summed E-state index contributed by atoms with van der Waals surface area (Å²) in [5.74, 6) is -0.182. The van der Waals surface area contributed by atoms with Gasteiger partial charge in [0.25, 0.3) is 0 Å². The fourth-order valence-corrected chi connectivity index (χ4v) is 3.40. The van der Waals surface area contributed by atoms with Crippen LogP contribution in [0.5, 0.6) is 0 Å². The Morgan fingerprint density at radius 1 is 1.00 bits per heavy atom. The Kier molecular flexibility index (Phi) is 3.54. The number of carbonyl (C=O) groups is 1. The van der Waals surface area contributed by atoms with Crippen LogP contribution in [-0.4, -0.2) is 5.91 Å². The largest absolute Gasteiger partial charge is 0.317 e. The maximum Gasteiger partial charge on any atom is 0.221 e. The second-order valence-corrected chi connectivity index (χ2v) is 5.73. The summed E-state index contributed by atoms with van der Waals surface area (Å²) < 4.78 is 0.867. The summed E-state index contributed by atoms with van der Waals surface area (Å²) in [7, 11) is 0. The van der Waals surface area contributed by atoms with E-state index in [1.165, 1.54) is 18.3 Å². The Morgan fingerprint density at radius 2 is 1.67 bits per heavy atom. The van der Waals surface area contributed by atoms with Gasteiger partial charge in [0.2, 0.25) is 5.91 Å². The fourth-order valence-electron chi connectivity index (χ4n) is 2.26. The summed E-state index contributed by atoms with van der Waals surface area (Å²) in [5.41, 5.74) is 1.31. The molecule has 3 nitrogen and oxygen atoms in total. The van der Waals surface area contributed by atoms with Gasteiger partial charge < -0.3 is 5.32 Å². The minimum Gasteiger partial charge on any atom is -0.317 e. The molecule has 1 heterocycles. The molecule has 0 aliphatic heterocycles. The van der Waals surface area contributed by atoms with Gasteiger partial charge in [0.05, 0.1) is 5.56 Å². The van der Waals surface area contributed by atoms with E-state index < -0.39 is 0 Å². The molecule has 0 fully saturated rings. The standard InChI is InChI=1S/C17H13NO2S/c1-11(19)18-17-15(12-7-3-2-4-8-12)16(20)13-9-5-6-10-14(13)21-17/h2-10H,1H3,(H,18,19). The lowest BCUT2D eigenvalue weighted by molar-refractivity contribution is -0.114. The van der Waals surface area contributed by atoms with Gasteiger partial charge in [-0.25, -0.2) is 0 Å². The van der Waals surface area contributed by atoms with Crippen molar-refractivity contribution in [1.82, 2.24) is 0 Å². The molecule has 0 saturated heterocycles.